The highest BCUT2D eigenvalue weighted by atomic mass is 16.4. The summed E-state index contributed by atoms with van der Waals surface area (Å²) in [5.41, 5.74) is 43.3. The van der Waals surface area contributed by atoms with Gasteiger partial charge in [-0.15, -0.1) is 0 Å². The van der Waals surface area contributed by atoms with Gasteiger partial charge in [-0.25, -0.2) is 4.79 Å². The Hall–Kier alpha value is -8.55. The molecule has 0 fully saturated rings. The van der Waals surface area contributed by atoms with E-state index in [0.717, 1.165) is 20.8 Å². The van der Waals surface area contributed by atoms with Crippen LogP contribution in [0.3, 0.4) is 0 Å². The second kappa shape index (κ2) is 39.0. The Morgan fingerprint density at radius 2 is 0.831 bits per heavy atom. The minimum Gasteiger partial charge on any atom is -0.481 e. The largest absolute Gasteiger partial charge is 0.481 e. The third kappa shape index (κ3) is 30.7. The molecule has 0 heterocycles. The van der Waals surface area contributed by atoms with E-state index >= 15 is 0 Å². The number of aliphatic carboxylic acids is 2. The van der Waals surface area contributed by atoms with Crippen molar-refractivity contribution in [1.29, 1.82) is 0 Å². The monoisotopic (exact) mass is 1190 g/mol. The lowest BCUT2D eigenvalue weighted by atomic mass is 10.0. The number of aliphatic hydroxyl groups is 3. The summed E-state index contributed by atoms with van der Waals surface area (Å²) >= 11 is 0. The predicted octanol–water partition coefficient (Wildman–Crippen LogP) is -11.2. The molecule has 37 nitrogen and oxygen atoms in total. The van der Waals surface area contributed by atoms with Crippen molar-refractivity contribution in [2.45, 2.75) is 170 Å². The first-order chi connectivity index (χ1) is 38.8. The third-order valence-corrected chi connectivity index (χ3v) is 11.8. The number of guanidine groups is 2. The van der Waals surface area contributed by atoms with E-state index in [9.17, 15) is 87.9 Å². The van der Waals surface area contributed by atoms with E-state index < -0.39 is 188 Å². The number of aliphatic hydroxyl groups excluding tert-OH is 3. The van der Waals surface area contributed by atoms with Gasteiger partial charge in [-0.05, 0) is 78.7 Å². The Balaban J connectivity index is 6.52. The minimum atomic E-state index is -1.99. The predicted molar refractivity (Wildman–Crippen MR) is 291 cm³/mol. The molecule has 11 amide bonds. The normalized spacial score (nSPS) is 15.2. The van der Waals surface area contributed by atoms with Gasteiger partial charge in [-0.3, -0.25) is 67.5 Å². The molecule has 37 heteroatoms. The van der Waals surface area contributed by atoms with Gasteiger partial charge >= 0.3 is 11.9 Å². The van der Waals surface area contributed by atoms with Gasteiger partial charge < -0.3 is 119 Å². The Morgan fingerprint density at radius 1 is 0.434 bits per heavy atom. The number of primary amides is 2. The lowest BCUT2D eigenvalue weighted by molar-refractivity contribution is -0.143. The number of carboxylic acid groups (broad SMARTS) is 2. The molecule has 0 aliphatic rings. The highest BCUT2D eigenvalue weighted by molar-refractivity contribution is 5.99. The summed E-state index contributed by atoms with van der Waals surface area (Å²) in [4.78, 5) is 176. The number of nitrogens with two attached hydrogens (primary N) is 8. The summed E-state index contributed by atoms with van der Waals surface area (Å²) in [6.45, 7) is 2.22. The fourth-order valence-corrected chi connectivity index (χ4v) is 7.21. The Labute approximate surface area is 476 Å². The molecule has 0 aromatic rings. The van der Waals surface area contributed by atoms with Gasteiger partial charge in [0.25, 0.3) is 0 Å². The Kier molecular flexibility index (Phi) is 35.0. The van der Waals surface area contributed by atoms with Gasteiger partial charge in [0.2, 0.25) is 65.0 Å². The van der Waals surface area contributed by atoms with Gasteiger partial charge in [0, 0.05) is 25.9 Å². The molecule has 0 rings (SSSR count). The molecule has 0 saturated heterocycles. The number of aliphatic imine (C=N–C) groups is 2. The van der Waals surface area contributed by atoms with Crippen LogP contribution >= 0.6 is 0 Å². The van der Waals surface area contributed by atoms with Gasteiger partial charge in [0.05, 0.1) is 31.3 Å². The van der Waals surface area contributed by atoms with Crippen molar-refractivity contribution in [3.05, 3.63) is 0 Å². The number of amides is 11. The topological polar surface area (TPSA) is 664 Å². The van der Waals surface area contributed by atoms with E-state index in [0.29, 0.717) is 19.4 Å². The first-order valence-electron chi connectivity index (χ1n) is 26.0. The van der Waals surface area contributed by atoms with E-state index in [1.807, 2.05) is 0 Å². The molecule has 0 saturated carbocycles. The van der Waals surface area contributed by atoms with Crippen LogP contribution in [-0.2, 0) is 62.3 Å². The van der Waals surface area contributed by atoms with Crippen molar-refractivity contribution in [1.82, 2.24) is 47.9 Å². The van der Waals surface area contributed by atoms with Crippen molar-refractivity contribution in [3.63, 3.8) is 0 Å². The highest BCUT2D eigenvalue weighted by Gasteiger charge is 2.37. The van der Waals surface area contributed by atoms with Crippen molar-refractivity contribution >= 4 is 88.8 Å². The number of rotatable bonds is 42. The zero-order valence-electron chi connectivity index (χ0n) is 46.3. The molecule has 0 radical (unpaired) electrons. The summed E-state index contributed by atoms with van der Waals surface area (Å²) in [5.74, 6) is -16.1. The molecular weight excluding hydrogens is 1110 g/mol. The lowest BCUT2D eigenvalue weighted by Crippen LogP contribution is -2.63. The molecule has 0 aromatic carbocycles. The van der Waals surface area contributed by atoms with Crippen LogP contribution < -0.4 is 93.7 Å². The fraction of sp³-hybridized carbons (Fsp3) is 0.674. The summed E-state index contributed by atoms with van der Waals surface area (Å²) in [6, 6.07) is -17.0. The van der Waals surface area contributed by atoms with Crippen LogP contribution in [0, 0.1) is 0 Å². The van der Waals surface area contributed by atoms with Crippen LogP contribution in [0.1, 0.15) is 97.8 Å². The lowest BCUT2D eigenvalue weighted by Gasteiger charge is -2.29. The molecular formula is C46H83N19O18. The van der Waals surface area contributed by atoms with Crippen molar-refractivity contribution < 1.29 is 87.9 Å². The molecule has 470 valence electrons. The minimum absolute atomic E-state index is 0.0112. The zero-order valence-corrected chi connectivity index (χ0v) is 46.3. The second-order valence-electron chi connectivity index (χ2n) is 19.0. The second-order valence-corrected chi connectivity index (χ2v) is 19.0. The molecule has 0 unspecified atom stereocenters. The van der Waals surface area contributed by atoms with E-state index in [1.54, 1.807) is 0 Å². The summed E-state index contributed by atoms with van der Waals surface area (Å²) in [7, 11) is 0. The van der Waals surface area contributed by atoms with Gasteiger partial charge in [0.1, 0.15) is 54.4 Å². The maximum absolute atomic E-state index is 13.8. The Bertz CT molecular complexity index is 2300. The summed E-state index contributed by atoms with van der Waals surface area (Å²) in [6.07, 6.45) is -6.10. The Morgan fingerprint density at radius 3 is 1.29 bits per heavy atom. The molecule has 0 aliphatic carbocycles. The molecule has 0 spiro atoms. The number of unbranched alkanes of at least 4 members (excludes halogenated alkanes) is 1. The first kappa shape index (κ1) is 74.5. The number of nitrogens with one attached hydrogen (secondary N) is 9. The molecule has 12 atom stereocenters. The average Bonchev–Trinajstić information content (AvgIpc) is 3.47. The SMILES string of the molecule is C[C@H](NC(=O)[C@H](CCC(N)=O)NC(=O)[C@@H](NC(=O)[C@@H](NC(=O)[C@H](CC(N)=O)NC(=O)[C@@H](N)CCCCN)[C@@H](C)O)[C@@H](C)O)C(=O)N[C@@H](CCCN=C(N)N)C(=O)N[C@@H](CO)C(=O)N[C@@H](CCC(=O)O)C(=O)N[C@@H](CCCN=C(N)N)C(=O)O. The standard InChI is InChI=1S/C46H83N19O18/c1-20(35(73)58-24(9-6-16-55-45(51)52)38(76)63-29(19-66)41(79)59-26(12-14-32(71)72)39(77)61-27(44(82)83)10-7-17-56-46(53)54)57-37(75)25(11-13-30(49)69)60-42(80)33(21(2)67)65-43(81)34(22(3)68)64-40(78)28(18-31(50)70)62-36(74)23(48)8-4-5-15-47/h20-29,33-34,66-68H,4-19,47-48H2,1-3H3,(H2,49,69)(H2,50,70)(H,57,75)(H,58,73)(H,59,79)(H,60,80)(H,61,77)(H,62,74)(H,63,76)(H,64,78)(H,65,81)(H,71,72)(H,82,83)(H4,51,52,55)(H4,53,54,56)/t20-,21+,22+,23-,24-,25-,26-,27-,28-,29-,33-,34-/m0/s1. The summed E-state index contributed by atoms with van der Waals surface area (Å²) < 4.78 is 0. The maximum Gasteiger partial charge on any atom is 0.326 e. The van der Waals surface area contributed by atoms with Crippen LogP contribution in [0.15, 0.2) is 9.98 Å². The zero-order chi connectivity index (χ0) is 63.7. The van der Waals surface area contributed by atoms with Gasteiger partial charge in [-0.2, -0.15) is 0 Å². The number of hydrogen-bond acceptors (Lipinski definition) is 20. The van der Waals surface area contributed by atoms with E-state index in [2.05, 4.69) is 57.8 Å². The van der Waals surface area contributed by atoms with Crippen LogP contribution in [0.2, 0.25) is 0 Å². The van der Waals surface area contributed by atoms with E-state index in [1.165, 1.54) is 0 Å². The van der Waals surface area contributed by atoms with Crippen LogP contribution in [0.5, 0.6) is 0 Å². The van der Waals surface area contributed by atoms with Crippen LogP contribution in [0.25, 0.3) is 0 Å². The van der Waals surface area contributed by atoms with Crippen molar-refractivity contribution in [2.75, 3.05) is 26.2 Å². The maximum atomic E-state index is 13.8. The molecule has 0 aliphatic heterocycles. The quantitative estimate of drug-likeness (QED) is 0.0153. The van der Waals surface area contributed by atoms with E-state index in [-0.39, 0.29) is 57.1 Å². The molecule has 83 heavy (non-hydrogen) atoms. The highest BCUT2D eigenvalue weighted by Crippen LogP contribution is 2.09. The number of carboxylic acids is 2. The smallest absolute Gasteiger partial charge is 0.326 e. The fourth-order valence-electron chi connectivity index (χ4n) is 7.21. The van der Waals surface area contributed by atoms with Crippen molar-refractivity contribution in [3.8, 4) is 0 Å². The van der Waals surface area contributed by atoms with Gasteiger partial charge in [0.15, 0.2) is 11.9 Å². The number of carbonyl (C=O) groups excluding carboxylic acids is 11. The number of nitrogens with zero attached hydrogens (tertiary/aromatic N) is 2. The molecule has 0 bridgehead atoms. The van der Waals surface area contributed by atoms with Crippen LogP contribution in [0.4, 0.5) is 0 Å². The first-order valence-corrected chi connectivity index (χ1v) is 26.0. The van der Waals surface area contributed by atoms with Crippen LogP contribution in [-0.4, -0.2) is 213 Å². The van der Waals surface area contributed by atoms with Gasteiger partial charge in [-0.1, -0.05) is 6.42 Å². The van der Waals surface area contributed by atoms with E-state index in [4.69, 9.17) is 45.9 Å². The molecule has 0 aromatic heterocycles. The average molecular weight is 1190 g/mol. The third-order valence-electron chi connectivity index (χ3n) is 11.8. The number of hydrogen-bond donors (Lipinski definition) is 22. The van der Waals surface area contributed by atoms with Crippen molar-refractivity contribution in [2.24, 2.45) is 55.9 Å². The number of carbonyl (C=O) groups is 13. The summed E-state index contributed by atoms with van der Waals surface area (Å²) in [5, 5.41) is 70.3. The molecule has 30 N–H and O–H groups in total.